The van der Waals surface area contributed by atoms with Crippen LogP contribution in [-0.4, -0.2) is 177 Å². The third-order valence-corrected chi connectivity index (χ3v) is 12.5. The smallest absolute Gasteiger partial charge is 0.336 e. The minimum absolute atomic E-state index is 0.00149. The van der Waals surface area contributed by atoms with Crippen LogP contribution < -0.4 is 49.3 Å². The van der Waals surface area contributed by atoms with Crippen molar-refractivity contribution in [3.63, 3.8) is 0 Å². The highest BCUT2D eigenvalue weighted by molar-refractivity contribution is 8.02. The van der Waals surface area contributed by atoms with Crippen LogP contribution in [0.1, 0.15) is 41.8 Å². The van der Waals surface area contributed by atoms with Gasteiger partial charge in [0.15, 0.2) is 5.16 Å². The molecular formula is C36H22B16F4N4O2S. The van der Waals surface area contributed by atoms with E-state index in [1.165, 1.54) is 17.0 Å². The highest BCUT2D eigenvalue weighted by Gasteiger charge is 2.57. The van der Waals surface area contributed by atoms with Crippen molar-refractivity contribution in [3.8, 4) is 11.1 Å². The Morgan fingerprint density at radius 3 is 1.68 bits per heavy atom. The number of aromatic nitrogens is 2. The summed E-state index contributed by atoms with van der Waals surface area (Å²) in [6.45, 7) is 4.03. The number of alkyl halides is 3. The number of thioether (sulfide) groups is 1. The van der Waals surface area contributed by atoms with E-state index in [4.69, 9.17) is 126 Å². The molecule has 0 fully saturated rings. The minimum atomic E-state index is -5.04. The van der Waals surface area contributed by atoms with Gasteiger partial charge in [0, 0.05) is 36.5 Å². The second-order valence-corrected chi connectivity index (χ2v) is 16.5. The molecule has 0 spiro atoms. The van der Waals surface area contributed by atoms with Gasteiger partial charge in [0.1, 0.15) is 75.1 Å². The van der Waals surface area contributed by atoms with Crippen molar-refractivity contribution in [1.82, 2.24) is 19.4 Å². The van der Waals surface area contributed by atoms with E-state index in [0.29, 0.717) is 24.9 Å². The summed E-state index contributed by atoms with van der Waals surface area (Å²) in [7, 11) is 102. The molecule has 27 heteroatoms. The third kappa shape index (κ3) is 8.90. The van der Waals surface area contributed by atoms with Crippen LogP contribution in [0.15, 0.2) is 34.2 Å². The topological polar surface area (TPSA) is 58.4 Å². The van der Waals surface area contributed by atoms with Gasteiger partial charge in [-0.05, 0) is 52.0 Å². The summed E-state index contributed by atoms with van der Waals surface area (Å²) < 4.78 is 54.8. The molecule has 0 bridgehead atoms. The van der Waals surface area contributed by atoms with E-state index in [0.717, 1.165) is 16.7 Å². The first-order chi connectivity index (χ1) is 28.9. The highest BCUT2D eigenvalue weighted by Crippen LogP contribution is 2.57. The van der Waals surface area contributed by atoms with Crippen molar-refractivity contribution in [2.24, 2.45) is 0 Å². The Labute approximate surface area is 390 Å². The van der Waals surface area contributed by atoms with Gasteiger partial charge in [-0.1, -0.05) is 91.9 Å². The van der Waals surface area contributed by atoms with E-state index < -0.39 is 89.7 Å². The van der Waals surface area contributed by atoms with Crippen molar-refractivity contribution >= 4 is 187 Å². The summed E-state index contributed by atoms with van der Waals surface area (Å²) >= 11 is 0.568. The zero-order valence-corrected chi connectivity index (χ0v) is 35.1. The normalized spacial score (nSPS) is 15.3. The SMILES string of the molecule is [B]c1c([B])c(-c2c([B])c([B])c(C(F)(F)F)c([B])c2[B])c([B])c([B])c1CN(CCN(CC)CC)C(=O)Cn1c(SC([B])([B])c2ccc(F)cc2)nc(=O)c2c1C([B])([B])C([B])([B])C2([B])[B]. The average molecular weight is 824 g/mol. The molecule has 5 rings (SSSR count). The number of hydrogen-bond acceptors (Lipinski definition) is 5. The van der Waals surface area contributed by atoms with Crippen molar-refractivity contribution in [3.05, 3.63) is 68.4 Å². The Morgan fingerprint density at radius 1 is 0.746 bits per heavy atom. The predicted molar refractivity (Wildman–Crippen MR) is 258 cm³/mol. The fourth-order valence-corrected chi connectivity index (χ4v) is 8.43. The van der Waals surface area contributed by atoms with E-state index in [2.05, 4.69) is 4.98 Å². The Bertz CT molecular complexity index is 2480. The molecule has 0 N–H and O–H groups in total. The first kappa shape index (κ1) is 51.1. The zero-order chi connectivity index (χ0) is 47.7. The lowest BCUT2D eigenvalue weighted by molar-refractivity contribution is -0.136. The lowest BCUT2D eigenvalue weighted by Crippen LogP contribution is -2.53. The van der Waals surface area contributed by atoms with E-state index in [1.54, 1.807) is 0 Å². The van der Waals surface area contributed by atoms with Crippen LogP contribution in [0.4, 0.5) is 17.6 Å². The summed E-state index contributed by atoms with van der Waals surface area (Å²) in [4.78, 5) is 36.1. The van der Waals surface area contributed by atoms with Gasteiger partial charge in [0.25, 0.3) is 5.56 Å². The second-order valence-electron chi connectivity index (χ2n) is 15.3. The summed E-state index contributed by atoms with van der Waals surface area (Å²) in [5.41, 5.74) is -8.28. The Hall–Kier alpha value is -2.92. The molecule has 0 aliphatic heterocycles. The van der Waals surface area contributed by atoms with E-state index in [-0.39, 0.29) is 68.0 Å². The van der Waals surface area contributed by atoms with E-state index in [1.807, 2.05) is 18.7 Å². The maximum Gasteiger partial charge on any atom is 0.415 e. The van der Waals surface area contributed by atoms with E-state index >= 15 is 0 Å². The molecule has 280 valence electrons. The Morgan fingerprint density at radius 2 is 1.22 bits per heavy atom. The van der Waals surface area contributed by atoms with Gasteiger partial charge in [0.05, 0.1) is 62.8 Å². The monoisotopic (exact) mass is 826 g/mol. The van der Waals surface area contributed by atoms with Crippen LogP contribution in [-0.2, 0) is 39.0 Å². The number of rotatable bonds is 13. The van der Waals surface area contributed by atoms with Crippen LogP contribution in [0.2, 0.25) is 5.21 Å². The fraction of sp³-hybridized carbons (Fsp3) is 0.361. The number of hydrogen-bond donors (Lipinski definition) is 0. The molecule has 0 saturated carbocycles. The van der Waals surface area contributed by atoms with Gasteiger partial charge >= 0.3 is 6.18 Å². The maximum absolute atomic E-state index is 14.9. The van der Waals surface area contributed by atoms with Crippen molar-refractivity contribution in [2.75, 3.05) is 26.2 Å². The molecule has 0 unspecified atom stereocenters. The third-order valence-electron chi connectivity index (χ3n) is 11.4. The molecule has 0 atom stereocenters. The molecule has 1 amide bonds. The molecule has 6 nitrogen and oxygen atoms in total. The number of fused-ring (bicyclic) bond motifs is 1. The minimum Gasteiger partial charge on any atom is -0.336 e. The quantitative estimate of drug-likeness (QED) is 0.0582. The van der Waals surface area contributed by atoms with Gasteiger partial charge in [0.2, 0.25) is 5.91 Å². The Kier molecular flexibility index (Phi) is 14.6. The maximum atomic E-state index is 14.9. The van der Waals surface area contributed by atoms with Crippen molar-refractivity contribution in [2.45, 2.75) is 58.5 Å². The summed E-state index contributed by atoms with van der Waals surface area (Å²) in [6, 6.07) is 4.80. The standard InChI is InChI=1S/C36H22B16F4N4O2S/c1-3-58(4-2)9-10-59(11-15-21(37)23(39)17(24(40)22(15)38)18-25(41)27(43)19(35(54,55)56)28(44)26(18)42)16(61)12-60-29-20(32(45,46)36(51,52)33(29,47)48)30(62)57-31(60)63-34(49,50)13-5-7-14(53)8-6-13/h5-8H,3-4,9-12H2,1-2H3. The molecular weight excluding hydrogens is 801 g/mol. The summed E-state index contributed by atoms with van der Waals surface area (Å²) in [5, 5.41) is -7.62. The molecule has 0 saturated heterocycles. The first-order valence-corrected chi connectivity index (χ1v) is 19.7. The summed E-state index contributed by atoms with van der Waals surface area (Å²) in [5.74, 6) is -1.33. The predicted octanol–water partition coefficient (Wildman–Crippen LogP) is -6.52. The van der Waals surface area contributed by atoms with Crippen molar-refractivity contribution in [1.29, 1.82) is 0 Å². The number of amides is 1. The van der Waals surface area contributed by atoms with Gasteiger partial charge in [-0.15, -0.1) is 5.21 Å². The Balaban J connectivity index is 1.70. The molecule has 1 aliphatic carbocycles. The van der Waals surface area contributed by atoms with Crippen LogP contribution in [0, 0.1) is 5.82 Å². The van der Waals surface area contributed by atoms with Crippen LogP contribution in [0.3, 0.4) is 0 Å². The molecule has 1 aliphatic rings. The van der Waals surface area contributed by atoms with Crippen LogP contribution in [0.5, 0.6) is 0 Å². The second kappa shape index (κ2) is 18.0. The van der Waals surface area contributed by atoms with E-state index in [9.17, 15) is 27.2 Å². The van der Waals surface area contributed by atoms with Gasteiger partial charge in [-0.3, -0.25) is 9.59 Å². The van der Waals surface area contributed by atoms with Gasteiger partial charge < -0.3 is 14.4 Å². The molecule has 1 aromatic heterocycles. The number of nitrogens with zero attached hydrogens (tertiary/aromatic N) is 4. The fourth-order valence-electron chi connectivity index (χ4n) is 7.48. The average Bonchev–Trinajstić information content (AvgIpc) is 3.29. The van der Waals surface area contributed by atoms with Crippen LogP contribution in [0.25, 0.3) is 11.1 Å². The number of likely N-dealkylation sites (N-methyl/N-ethyl adjacent to an activating group) is 1. The van der Waals surface area contributed by atoms with Crippen LogP contribution >= 0.6 is 11.8 Å². The van der Waals surface area contributed by atoms with Gasteiger partial charge in [-0.2, -0.15) is 18.2 Å². The number of halogens is 4. The lowest BCUT2D eigenvalue weighted by Gasteiger charge is -2.47. The molecule has 4 aromatic rings. The van der Waals surface area contributed by atoms with Crippen molar-refractivity contribution < 1.29 is 22.4 Å². The summed E-state index contributed by atoms with van der Waals surface area (Å²) in [6.07, 6.45) is -5.04. The van der Waals surface area contributed by atoms with Gasteiger partial charge in [-0.25, -0.2) is 4.39 Å². The molecule has 3 aromatic carbocycles. The molecule has 1 heterocycles. The number of benzene rings is 3. The molecule has 32 radical (unpaired) electrons. The number of carbonyl (C=O) groups is 1. The largest absolute Gasteiger partial charge is 0.415 e. The number of carbonyl (C=O) groups excluding carboxylic acids is 1. The first-order valence-electron chi connectivity index (χ1n) is 18.9. The highest BCUT2D eigenvalue weighted by atomic mass is 32.2. The lowest BCUT2D eigenvalue weighted by atomic mass is 9.20. The molecule has 63 heavy (non-hydrogen) atoms. The zero-order valence-electron chi connectivity index (χ0n) is 34.3.